The maximum Gasteiger partial charge on any atom is 0.0979 e. The zero-order valence-corrected chi connectivity index (χ0v) is 28.4. The second-order valence-electron chi connectivity index (χ2n) is 13.0. The predicted molar refractivity (Wildman–Crippen MR) is 219 cm³/mol. The molecule has 0 aliphatic carbocycles. The summed E-state index contributed by atoms with van der Waals surface area (Å²) in [6.07, 6.45) is 6.35. The van der Waals surface area contributed by atoms with Crippen LogP contribution in [0.15, 0.2) is 169 Å². The molecule has 51 heavy (non-hydrogen) atoms. The molecule has 0 saturated heterocycles. The van der Waals surface area contributed by atoms with Crippen molar-refractivity contribution in [3.05, 3.63) is 180 Å². The number of hydrogen-bond acceptors (Lipinski definition) is 3. The number of thiophene rings is 1. The predicted octanol–water partition coefficient (Wildman–Crippen LogP) is 13.5. The lowest BCUT2D eigenvalue weighted by atomic mass is 9.96. The Morgan fingerprint density at radius 3 is 1.82 bits per heavy atom. The largest absolute Gasteiger partial charge is 0.252 e. The Bertz CT molecular complexity index is 2940. The van der Waals surface area contributed by atoms with Crippen molar-refractivity contribution in [1.82, 2.24) is 9.97 Å². The first-order chi connectivity index (χ1) is 25.2. The van der Waals surface area contributed by atoms with Gasteiger partial charge < -0.3 is 0 Å². The first-order valence-corrected chi connectivity index (χ1v) is 18.1. The van der Waals surface area contributed by atoms with Crippen molar-refractivity contribution in [2.24, 2.45) is 0 Å². The molecule has 8 aromatic carbocycles. The Balaban J connectivity index is 0.927. The van der Waals surface area contributed by atoms with E-state index in [1.165, 1.54) is 59.4 Å². The van der Waals surface area contributed by atoms with Gasteiger partial charge >= 0.3 is 0 Å². The average Bonchev–Trinajstić information content (AvgIpc) is 3.63. The van der Waals surface area contributed by atoms with E-state index in [1.54, 1.807) is 11.3 Å². The molecule has 0 atom stereocenters. The van der Waals surface area contributed by atoms with Crippen LogP contribution in [0, 0.1) is 0 Å². The number of aromatic nitrogens is 2. The third-order valence-corrected chi connectivity index (χ3v) is 10.9. The van der Waals surface area contributed by atoms with Gasteiger partial charge in [0.15, 0.2) is 0 Å². The third kappa shape index (κ3) is 5.27. The summed E-state index contributed by atoms with van der Waals surface area (Å²) in [4.78, 5) is 10.2. The van der Waals surface area contributed by atoms with Gasteiger partial charge in [0.25, 0.3) is 0 Å². The Morgan fingerprint density at radius 1 is 0.431 bits per heavy atom. The smallest absolute Gasteiger partial charge is 0.0979 e. The molecule has 2 heterocycles. The molecule has 0 amide bonds. The van der Waals surface area contributed by atoms with Gasteiger partial charge in [-0.1, -0.05) is 146 Å². The van der Waals surface area contributed by atoms with E-state index in [0.717, 1.165) is 38.6 Å². The van der Waals surface area contributed by atoms with Gasteiger partial charge in [0.05, 0.1) is 22.9 Å². The van der Waals surface area contributed by atoms with Crippen molar-refractivity contribution in [2.75, 3.05) is 0 Å². The molecule has 0 saturated carbocycles. The minimum atomic E-state index is 0.871. The van der Waals surface area contributed by atoms with Crippen LogP contribution in [0.3, 0.4) is 0 Å². The summed E-state index contributed by atoms with van der Waals surface area (Å²) in [5.41, 5.74) is 11.0. The van der Waals surface area contributed by atoms with Gasteiger partial charge in [0.1, 0.15) is 0 Å². The summed E-state index contributed by atoms with van der Waals surface area (Å²) >= 11 is 1.79. The molecule has 2 nitrogen and oxygen atoms in total. The first kappa shape index (κ1) is 29.5. The van der Waals surface area contributed by atoms with E-state index >= 15 is 0 Å². The zero-order valence-electron chi connectivity index (χ0n) is 27.6. The summed E-state index contributed by atoms with van der Waals surface area (Å²) in [6.45, 7) is 0. The van der Waals surface area contributed by atoms with E-state index in [2.05, 4.69) is 175 Å². The van der Waals surface area contributed by atoms with Crippen molar-refractivity contribution >= 4 is 76.9 Å². The highest BCUT2D eigenvalue weighted by Crippen LogP contribution is 2.35. The molecule has 0 radical (unpaired) electrons. The Labute approximate surface area is 299 Å². The summed E-state index contributed by atoms with van der Waals surface area (Å²) in [5.74, 6) is 0. The van der Waals surface area contributed by atoms with Crippen LogP contribution >= 0.6 is 11.3 Å². The Morgan fingerprint density at radius 2 is 1.04 bits per heavy atom. The number of hydrogen-bond donors (Lipinski definition) is 0. The van der Waals surface area contributed by atoms with Gasteiger partial charge in [0.2, 0.25) is 0 Å². The van der Waals surface area contributed by atoms with Crippen LogP contribution in [-0.4, -0.2) is 9.97 Å². The average molecular weight is 667 g/mol. The second-order valence-corrected chi connectivity index (χ2v) is 14.0. The van der Waals surface area contributed by atoms with E-state index in [0.29, 0.717) is 0 Å². The second kappa shape index (κ2) is 12.2. The molecule has 238 valence electrons. The van der Waals surface area contributed by atoms with Gasteiger partial charge in [-0.25, -0.2) is 4.98 Å². The summed E-state index contributed by atoms with van der Waals surface area (Å²) < 4.78 is 1.32. The lowest BCUT2D eigenvalue weighted by Gasteiger charge is -2.11. The molecule has 0 unspecified atom stereocenters. The molecule has 0 fully saturated rings. The molecular formula is C48H30N2S. The number of benzene rings is 8. The van der Waals surface area contributed by atoms with Crippen LogP contribution in [-0.2, 0) is 0 Å². The molecule has 10 aromatic rings. The van der Waals surface area contributed by atoms with Crippen LogP contribution in [0.2, 0.25) is 0 Å². The Hall–Kier alpha value is -6.42. The number of nitrogens with zero attached hydrogens (tertiary/aromatic N) is 2. The van der Waals surface area contributed by atoms with E-state index in [-0.39, 0.29) is 0 Å². The molecule has 0 aliphatic heterocycles. The normalized spacial score (nSPS) is 11.8. The van der Waals surface area contributed by atoms with E-state index in [9.17, 15) is 0 Å². The molecule has 0 aliphatic rings. The van der Waals surface area contributed by atoms with Crippen LogP contribution in [0.5, 0.6) is 0 Å². The molecule has 2 aromatic heterocycles. The number of rotatable bonds is 5. The lowest BCUT2D eigenvalue weighted by Crippen LogP contribution is -1.92. The van der Waals surface area contributed by atoms with Crippen LogP contribution in [0.25, 0.3) is 99.1 Å². The minimum absolute atomic E-state index is 0.871. The van der Waals surface area contributed by atoms with Gasteiger partial charge in [-0.15, -0.1) is 11.3 Å². The van der Waals surface area contributed by atoms with Crippen molar-refractivity contribution in [2.45, 2.75) is 0 Å². The highest BCUT2D eigenvalue weighted by atomic mass is 32.1. The van der Waals surface area contributed by atoms with Crippen molar-refractivity contribution in [3.63, 3.8) is 0 Å². The van der Waals surface area contributed by atoms with Gasteiger partial charge in [-0.2, -0.15) is 0 Å². The number of fused-ring (bicyclic) bond motifs is 8. The topological polar surface area (TPSA) is 25.8 Å². The van der Waals surface area contributed by atoms with E-state index < -0.39 is 0 Å². The fourth-order valence-electron chi connectivity index (χ4n) is 7.34. The zero-order chi connectivity index (χ0) is 33.7. The van der Waals surface area contributed by atoms with Gasteiger partial charge in [-0.05, 0) is 90.0 Å². The van der Waals surface area contributed by atoms with Crippen LogP contribution < -0.4 is 0 Å². The quantitative estimate of drug-likeness (QED) is 0.171. The minimum Gasteiger partial charge on any atom is -0.252 e. The fourth-order valence-corrected chi connectivity index (χ4v) is 8.27. The molecule has 3 heteroatoms. The summed E-state index contributed by atoms with van der Waals surface area (Å²) in [6, 6.07) is 56.5. The monoisotopic (exact) mass is 666 g/mol. The maximum atomic E-state index is 5.21. The highest BCUT2D eigenvalue weighted by Gasteiger charge is 2.13. The van der Waals surface area contributed by atoms with E-state index in [4.69, 9.17) is 9.97 Å². The first-order valence-electron chi connectivity index (χ1n) is 17.2. The Kier molecular flexibility index (Phi) is 7.04. The molecule has 0 bridgehead atoms. The third-order valence-electron chi connectivity index (χ3n) is 9.97. The maximum absolute atomic E-state index is 5.21. The summed E-state index contributed by atoms with van der Waals surface area (Å²) in [7, 11) is 0. The van der Waals surface area contributed by atoms with Crippen LogP contribution in [0.1, 0.15) is 11.1 Å². The molecule has 10 rings (SSSR count). The van der Waals surface area contributed by atoms with Gasteiger partial charge in [0, 0.05) is 21.0 Å². The standard InChI is InChI=1S/C48H30N2S/c1-3-13-43-41(11-1)42-12-2-4-14-44(42)48-47(43)49-29-45(50-48)38-9-7-8-34(28-38)32-20-22-33(23-21-32)36-25-24-35-26-31(16-18-37(35)27-36)17-19-39-30-51-46-15-6-5-10-40(39)46/h1-30H/b19-17+. The van der Waals surface area contributed by atoms with Crippen molar-refractivity contribution < 1.29 is 0 Å². The van der Waals surface area contributed by atoms with E-state index in [1.807, 2.05) is 6.20 Å². The highest BCUT2D eigenvalue weighted by molar-refractivity contribution is 7.17. The SMILES string of the molecule is C(=C\c1csc2ccccc12)/c1ccc2cc(-c3ccc(-c4cccc(-c5cnc6c7ccccc7c7ccccc7c6n5)c4)cc3)ccc2c1. The van der Waals surface area contributed by atoms with Crippen LogP contribution in [0.4, 0.5) is 0 Å². The fraction of sp³-hybridized carbons (Fsp3) is 0. The molecule has 0 spiro atoms. The molecule has 0 N–H and O–H groups in total. The lowest BCUT2D eigenvalue weighted by molar-refractivity contribution is 1.31. The van der Waals surface area contributed by atoms with Crippen molar-refractivity contribution in [3.8, 4) is 33.5 Å². The molecular weight excluding hydrogens is 637 g/mol. The van der Waals surface area contributed by atoms with Gasteiger partial charge in [-0.3, -0.25) is 4.98 Å². The van der Waals surface area contributed by atoms with Crippen molar-refractivity contribution in [1.29, 1.82) is 0 Å². The summed E-state index contributed by atoms with van der Waals surface area (Å²) in [5, 5.41) is 10.7.